The molecule has 0 unspecified atom stereocenters. The third-order valence-corrected chi connectivity index (χ3v) is 6.49. The third kappa shape index (κ3) is 4.84. The Labute approximate surface area is 210 Å². The van der Waals surface area contributed by atoms with Crippen molar-refractivity contribution in [3.8, 4) is 0 Å². The Morgan fingerprint density at radius 1 is 0.971 bits per heavy atom. The van der Waals surface area contributed by atoms with Crippen molar-refractivity contribution in [2.24, 2.45) is 0 Å². The van der Waals surface area contributed by atoms with Crippen LogP contribution in [0.5, 0.6) is 0 Å². The van der Waals surface area contributed by atoms with Crippen molar-refractivity contribution < 1.29 is 19.1 Å². The molecule has 0 spiro atoms. The number of carbonyl (C=O) groups excluding carboxylic acids is 3. The van der Waals surface area contributed by atoms with Gasteiger partial charge in [-0.3, -0.25) is 14.4 Å². The third-order valence-electron chi connectivity index (χ3n) is 4.74. The van der Waals surface area contributed by atoms with E-state index in [2.05, 4.69) is 42.9 Å². The zero-order valence-electron chi connectivity index (χ0n) is 17.9. The summed E-state index contributed by atoms with van der Waals surface area (Å²) in [5.41, 5.74) is 1.14. The molecule has 0 bridgehead atoms. The molecule has 2 amide bonds. The lowest BCUT2D eigenvalue weighted by Gasteiger charge is -2.09. The molecule has 9 nitrogen and oxygen atoms in total. The molecule has 172 valence electrons. The zero-order valence-corrected chi connectivity index (χ0v) is 20.9. The molecule has 0 saturated carbocycles. The molecule has 34 heavy (non-hydrogen) atoms. The summed E-state index contributed by atoms with van der Waals surface area (Å²) >= 11 is 3.08. The van der Waals surface area contributed by atoms with Crippen LogP contribution < -0.4 is 16.2 Å². The number of benzene rings is 2. The normalized spacial score (nSPS) is 10.7. The van der Waals surface area contributed by atoms with Gasteiger partial charge in [0.05, 0.1) is 12.7 Å². The summed E-state index contributed by atoms with van der Waals surface area (Å²) in [6.45, 7) is 1.66. The molecule has 0 aliphatic carbocycles. The van der Waals surface area contributed by atoms with Crippen molar-refractivity contribution in [1.82, 2.24) is 9.38 Å². The van der Waals surface area contributed by atoms with Crippen LogP contribution in [0, 0.1) is 10.5 Å². The van der Waals surface area contributed by atoms with E-state index in [1.165, 1.54) is 37.4 Å². The van der Waals surface area contributed by atoms with Crippen LogP contribution in [0.4, 0.5) is 11.4 Å². The summed E-state index contributed by atoms with van der Waals surface area (Å²) < 4.78 is 6.80. The number of hydrogen-bond donors (Lipinski definition) is 2. The van der Waals surface area contributed by atoms with Gasteiger partial charge in [0.1, 0.15) is 10.6 Å². The van der Waals surface area contributed by atoms with E-state index < -0.39 is 23.3 Å². The van der Waals surface area contributed by atoms with E-state index in [0.29, 0.717) is 22.6 Å². The molecule has 2 aromatic heterocycles. The highest BCUT2D eigenvalue weighted by atomic mass is 127. The Kier molecular flexibility index (Phi) is 6.75. The summed E-state index contributed by atoms with van der Waals surface area (Å²) in [6, 6.07) is 14.5. The van der Waals surface area contributed by atoms with Crippen LogP contribution in [0.15, 0.2) is 59.4 Å². The molecule has 0 saturated heterocycles. The van der Waals surface area contributed by atoms with Crippen molar-refractivity contribution >= 4 is 68.0 Å². The van der Waals surface area contributed by atoms with Gasteiger partial charge in [-0.15, -0.1) is 0 Å². The molecule has 0 atom stereocenters. The van der Waals surface area contributed by atoms with Gasteiger partial charge in [-0.2, -0.15) is 0 Å². The molecule has 0 fully saturated rings. The number of aromatic nitrogens is 2. The number of anilines is 2. The average Bonchev–Trinajstić information content (AvgIpc) is 3.20. The average molecular weight is 588 g/mol. The summed E-state index contributed by atoms with van der Waals surface area (Å²) in [6.07, 6.45) is 0. The first-order valence-electron chi connectivity index (χ1n) is 9.86. The number of fused-ring (bicyclic) bond motifs is 1. The van der Waals surface area contributed by atoms with Crippen LogP contribution in [0.2, 0.25) is 0 Å². The lowest BCUT2D eigenvalue weighted by Crippen LogP contribution is -2.25. The van der Waals surface area contributed by atoms with Crippen molar-refractivity contribution in [2.75, 3.05) is 17.7 Å². The second-order valence-electron chi connectivity index (χ2n) is 7.12. The molecule has 2 N–H and O–H groups in total. The topological polar surface area (TPSA) is 119 Å². The predicted octanol–water partition coefficient (Wildman–Crippen LogP) is 3.96. The van der Waals surface area contributed by atoms with E-state index in [-0.39, 0.29) is 15.5 Å². The van der Waals surface area contributed by atoms with E-state index in [1.54, 1.807) is 19.1 Å². The van der Waals surface area contributed by atoms with Crippen LogP contribution in [0.25, 0.3) is 4.96 Å². The quantitative estimate of drug-likeness (QED) is 0.269. The summed E-state index contributed by atoms with van der Waals surface area (Å²) in [7, 11) is 1.28. The van der Waals surface area contributed by atoms with Gasteiger partial charge in [-0.05, 0) is 78.0 Å². The van der Waals surface area contributed by atoms with Crippen molar-refractivity contribution in [1.29, 1.82) is 0 Å². The maximum atomic E-state index is 13.2. The molecular formula is C23H17IN4O5S. The van der Waals surface area contributed by atoms with Crippen molar-refractivity contribution in [2.45, 2.75) is 6.92 Å². The van der Waals surface area contributed by atoms with Gasteiger partial charge < -0.3 is 15.4 Å². The number of thiazole rings is 1. The smallest absolute Gasteiger partial charge is 0.337 e. The zero-order chi connectivity index (χ0) is 24.4. The van der Waals surface area contributed by atoms with Crippen LogP contribution in [0.1, 0.15) is 36.2 Å². The number of nitrogens with zero attached hydrogens (tertiary/aromatic N) is 2. The number of nitrogens with one attached hydrogen (secondary N) is 2. The van der Waals surface area contributed by atoms with Crippen LogP contribution in [-0.2, 0) is 4.74 Å². The fourth-order valence-electron chi connectivity index (χ4n) is 3.16. The lowest BCUT2D eigenvalue weighted by atomic mass is 10.2. The van der Waals surface area contributed by atoms with E-state index >= 15 is 0 Å². The maximum Gasteiger partial charge on any atom is 0.337 e. The van der Waals surface area contributed by atoms with Crippen molar-refractivity contribution in [3.05, 3.63) is 90.3 Å². The lowest BCUT2D eigenvalue weighted by molar-refractivity contribution is 0.0600. The molecule has 0 aliphatic heterocycles. The number of halogens is 1. The fraction of sp³-hybridized carbons (Fsp3) is 0.0870. The number of hydrogen-bond acceptors (Lipinski definition) is 7. The number of methoxy groups -OCH3 is 1. The highest BCUT2D eigenvalue weighted by Gasteiger charge is 2.26. The number of carbonyl (C=O) groups is 3. The number of rotatable bonds is 5. The second kappa shape index (κ2) is 9.73. The molecule has 4 rings (SSSR count). The molecule has 0 aliphatic rings. The minimum Gasteiger partial charge on any atom is -0.465 e. The summed E-state index contributed by atoms with van der Waals surface area (Å²) in [4.78, 5) is 55.3. The van der Waals surface area contributed by atoms with Crippen LogP contribution in [0.3, 0.4) is 0 Å². The summed E-state index contributed by atoms with van der Waals surface area (Å²) in [5, 5.41) is 5.44. The van der Waals surface area contributed by atoms with Crippen LogP contribution >= 0.6 is 33.9 Å². The van der Waals surface area contributed by atoms with E-state index in [1.807, 2.05) is 12.1 Å². The van der Waals surface area contributed by atoms with E-state index in [9.17, 15) is 19.2 Å². The van der Waals surface area contributed by atoms with E-state index in [0.717, 1.165) is 19.3 Å². The number of amides is 2. The van der Waals surface area contributed by atoms with Gasteiger partial charge in [-0.1, -0.05) is 11.3 Å². The van der Waals surface area contributed by atoms with Crippen molar-refractivity contribution in [3.63, 3.8) is 0 Å². The second-order valence-corrected chi connectivity index (χ2v) is 9.34. The predicted molar refractivity (Wildman–Crippen MR) is 137 cm³/mol. The van der Waals surface area contributed by atoms with E-state index in [4.69, 9.17) is 0 Å². The minimum atomic E-state index is -0.619. The van der Waals surface area contributed by atoms with Gasteiger partial charge in [0.15, 0.2) is 4.96 Å². The number of ether oxygens (including phenoxy) is 1. The van der Waals surface area contributed by atoms with Gasteiger partial charge in [-0.25, -0.2) is 14.2 Å². The first-order valence-corrected chi connectivity index (χ1v) is 11.8. The maximum absolute atomic E-state index is 13.2. The molecule has 2 aromatic carbocycles. The number of esters is 1. The SMILES string of the molecule is COC(=O)c1ccc(NC(=O)c2sc3nc(C)cc(=O)n3c2C(=O)Nc2ccc(I)cc2)cc1. The van der Waals surface area contributed by atoms with Gasteiger partial charge in [0, 0.05) is 26.7 Å². The fourth-order valence-corrected chi connectivity index (χ4v) is 4.59. The van der Waals surface area contributed by atoms with Gasteiger partial charge >= 0.3 is 5.97 Å². The Morgan fingerprint density at radius 3 is 2.18 bits per heavy atom. The molecule has 4 aromatic rings. The standard InChI is InChI=1S/C23H17IN4O5S/c1-12-11-17(29)28-18(20(30)26-16-9-5-14(24)6-10-16)19(34-23(28)25-12)21(31)27-15-7-3-13(4-8-15)22(32)33-2/h3-11H,1-2H3,(H,26,30)(H,27,31). The first kappa shape index (κ1) is 23.6. The van der Waals surface area contributed by atoms with Gasteiger partial charge in [0.25, 0.3) is 17.4 Å². The molecular weight excluding hydrogens is 571 g/mol. The first-order chi connectivity index (χ1) is 16.3. The Morgan fingerprint density at radius 2 is 1.56 bits per heavy atom. The largest absolute Gasteiger partial charge is 0.465 e. The van der Waals surface area contributed by atoms with Crippen LogP contribution in [-0.4, -0.2) is 34.3 Å². The number of aryl methyl sites for hydroxylation is 1. The monoisotopic (exact) mass is 588 g/mol. The summed E-state index contributed by atoms with van der Waals surface area (Å²) in [5.74, 6) is -1.71. The molecule has 11 heteroatoms. The Balaban J connectivity index is 1.72. The highest BCUT2D eigenvalue weighted by Crippen LogP contribution is 2.24. The Hall–Kier alpha value is -3.58. The Bertz CT molecular complexity index is 1480. The molecule has 0 radical (unpaired) electrons. The minimum absolute atomic E-state index is 0.0234. The highest BCUT2D eigenvalue weighted by molar-refractivity contribution is 14.1. The molecule has 2 heterocycles. The van der Waals surface area contributed by atoms with Gasteiger partial charge in [0.2, 0.25) is 0 Å².